The zero-order valence-corrected chi connectivity index (χ0v) is 15.1. The summed E-state index contributed by atoms with van der Waals surface area (Å²) in [4.78, 5) is 0. The predicted octanol–water partition coefficient (Wildman–Crippen LogP) is 5.47. The maximum Gasteiger partial charge on any atom is 0.120 e. The second-order valence-electron chi connectivity index (χ2n) is 6.36. The Morgan fingerprint density at radius 1 is 1.29 bits per heavy atom. The van der Waals surface area contributed by atoms with E-state index in [0.29, 0.717) is 12.1 Å². The Morgan fingerprint density at radius 2 is 2.00 bits per heavy atom. The molecule has 1 aromatic carbocycles. The molecule has 0 amide bonds. The van der Waals surface area contributed by atoms with Crippen LogP contribution >= 0.6 is 15.9 Å². The number of benzene rings is 1. The van der Waals surface area contributed by atoms with E-state index in [2.05, 4.69) is 60.2 Å². The maximum absolute atomic E-state index is 6.15. The zero-order valence-electron chi connectivity index (χ0n) is 13.5. The molecular weight excluding hydrogens is 326 g/mol. The summed E-state index contributed by atoms with van der Waals surface area (Å²) in [5.41, 5.74) is 1.30. The van der Waals surface area contributed by atoms with E-state index in [-0.39, 0.29) is 0 Å². The van der Waals surface area contributed by atoms with Crippen LogP contribution in [0.15, 0.2) is 22.7 Å². The molecule has 3 heteroatoms. The van der Waals surface area contributed by atoms with E-state index in [1.54, 1.807) is 0 Å². The Morgan fingerprint density at radius 3 is 2.62 bits per heavy atom. The van der Waals surface area contributed by atoms with Crippen molar-refractivity contribution in [1.82, 2.24) is 5.32 Å². The van der Waals surface area contributed by atoms with Crippen LogP contribution in [0.2, 0.25) is 0 Å². The molecule has 0 aromatic heterocycles. The Labute approximate surface area is 137 Å². The van der Waals surface area contributed by atoms with Crippen LogP contribution in [0.5, 0.6) is 5.75 Å². The molecule has 0 saturated heterocycles. The number of ether oxygens (including phenoxy) is 1. The van der Waals surface area contributed by atoms with Gasteiger partial charge >= 0.3 is 0 Å². The van der Waals surface area contributed by atoms with Crippen molar-refractivity contribution in [3.8, 4) is 5.75 Å². The summed E-state index contributed by atoms with van der Waals surface area (Å²) in [7, 11) is 0. The second kappa shape index (κ2) is 8.19. The van der Waals surface area contributed by atoms with Gasteiger partial charge in [-0.25, -0.2) is 0 Å². The summed E-state index contributed by atoms with van der Waals surface area (Å²) in [5, 5.41) is 3.52. The van der Waals surface area contributed by atoms with E-state index in [0.717, 1.165) is 29.1 Å². The lowest BCUT2D eigenvalue weighted by atomic mass is 9.89. The van der Waals surface area contributed by atoms with Crippen molar-refractivity contribution in [2.24, 2.45) is 5.92 Å². The number of rotatable bonds is 6. The third kappa shape index (κ3) is 5.00. The average molecular weight is 354 g/mol. The third-order valence-electron chi connectivity index (χ3n) is 4.40. The molecular formula is C18H28BrNO. The average Bonchev–Trinajstić information content (AvgIpc) is 2.47. The second-order valence-corrected chi connectivity index (χ2v) is 7.21. The fourth-order valence-electron chi connectivity index (χ4n) is 2.94. The van der Waals surface area contributed by atoms with Gasteiger partial charge in [0.05, 0.1) is 6.10 Å². The molecule has 0 spiro atoms. The molecule has 1 aliphatic rings. The summed E-state index contributed by atoms with van der Waals surface area (Å²) in [6, 6.07) is 6.78. The molecule has 118 valence electrons. The zero-order chi connectivity index (χ0) is 15.2. The number of nitrogens with one attached hydrogen (secondary N) is 1. The molecule has 0 heterocycles. The third-order valence-corrected chi connectivity index (χ3v) is 5.09. The van der Waals surface area contributed by atoms with Gasteiger partial charge in [-0.15, -0.1) is 0 Å². The van der Waals surface area contributed by atoms with Crippen LogP contribution in [0.25, 0.3) is 0 Å². The van der Waals surface area contributed by atoms with Crippen LogP contribution in [-0.2, 0) is 0 Å². The first-order chi connectivity index (χ1) is 10.1. The Hall–Kier alpha value is -0.540. The number of hydrogen-bond donors (Lipinski definition) is 1. The molecule has 1 saturated carbocycles. The molecule has 0 aliphatic heterocycles. The smallest absolute Gasteiger partial charge is 0.120 e. The van der Waals surface area contributed by atoms with Crippen LogP contribution in [-0.4, -0.2) is 12.6 Å². The van der Waals surface area contributed by atoms with Gasteiger partial charge < -0.3 is 10.1 Å². The van der Waals surface area contributed by atoms with Crippen LogP contribution in [0.1, 0.15) is 64.5 Å². The number of hydrogen-bond acceptors (Lipinski definition) is 2. The van der Waals surface area contributed by atoms with Crippen molar-refractivity contribution in [1.29, 1.82) is 0 Å². The maximum atomic E-state index is 6.15. The monoisotopic (exact) mass is 353 g/mol. The lowest BCUT2D eigenvalue weighted by Crippen LogP contribution is -2.23. The summed E-state index contributed by atoms with van der Waals surface area (Å²) < 4.78 is 7.29. The van der Waals surface area contributed by atoms with Gasteiger partial charge in [0.25, 0.3) is 0 Å². The molecule has 2 rings (SSSR count). The first kappa shape index (κ1) is 16.8. The van der Waals surface area contributed by atoms with Gasteiger partial charge in [-0.2, -0.15) is 0 Å². The van der Waals surface area contributed by atoms with Crippen molar-refractivity contribution in [3.05, 3.63) is 28.2 Å². The minimum absolute atomic E-state index is 0.365. The van der Waals surface area contributed by atoms with Crippen LogP contribution in [0, 0.1) is 5.92 Å². The first-order valence-electron chi connectivity index (χ1n) is 8.29. The van der Waals surface area contributed by atoms with Crippen LogP contribution in [0.4, 0.5) is 0 Å². The Kier molecular flexibility index (Phi) is 6.56. The number of halogens is 1. The van der Waals surface area contributed by atoms with Gasteiger partial charge in [-0.3, -0.25) is 0 Å². The highest BCUT2D eigenvalue weighted by molar-refractivity contribution is 9.10. The fourth-order valence-corrected chi connectivity index (χ4v) is 3.64. The summed E-state index contributed by atoms with van der Waals surface area (Å²) in [6.07, 6.45) is 6.52. The largest absolute Gasteiger partial charge is 0.490 e. The van der Waals surface area contributed by atoms with Crippen LogP contribution < -0.4 is 10.1 Å². The normalized spacial score (nSPS) is 23.8. The van der Waals surface area contributed by atoms with Gasteiger partial charge in [0.15, 0.2) is 0 Å². The van der Waals surface area contributed by atoms with Gasteiger partial charge in [0.1, 0.15) is 5.75 Å². The van der Waals surface area contributed by atoms with E-state index < -0.39 is 0 Å². The van der Waals surface area contributed by atoms with Gasteiger partial charge in [-0.1, -0.05) is 35.8 Å². The molecule has 21 heavy (non-hydrogen) atoms. The summed E-state index contributed by atoms with van der Waals surface area (Å²) in [5.74, 6) is 1.86. The molecule has 2 nitrogen and oxygen atoms in total. The molecule has 1 unspecified atom stereocenters. The minimum Gasteiger partial charge on any atom is -0.490 e. The summed E-state index contributed by atoms with van der Waals surface area (Å²) >= 11 is 3.69. The van der Waals surface area contributed by atoms with Crippen molar-refractivity contribution in [2.45, 2.75) is 65.0 Å². The van der Waals surface area contributed by atoms with E-state index in [1.807, 2.05) is 0 Å². The van der Waals surface area contributed by atoms with Gasteiger partial charge in [-0.05, 0) is 69.2 Å². The standard InChI is InChI=1S/C18H28BrNO/c1-4-11-20-14(3)17-10-9-16(12-18(17)19)21-15-7-5-13(2)6-8-15/h9-10,12-15,20H,4-8,11H2,1-3H3. The minimum atomic E-state index is 0.365. The summed E-state index contributed by atoms with van der Waals surface area (Å²) in [6.45, 7) is 7.79. The van der Waals surface area contributed by atoms with E-state index >= 15 is 0 Å². The quantitative estimate of drug-likeness (QED) is 0.732. The first-order valence-corrected chi connectivity index (χ1v) is 9.09. The van der Waals surface area contributed by atoms with Crippen molar-refractivity contribution in [2.75, 3.05) is 6.54 Å². The molecule has 1 fully saturated rings. The SMILES string of the molecule is CCCNC(C)c1ccc(OC2CCC(C)CC2)cc1Br. The fraction of sp³-hybridized carbons (Fsp3) is 0.667. The predicted molar refractivity (Wildman–Crippen MR) is 92.9 cm³/mol. The molecule has 1 aliphatic carbocycles. The van der Waals surface area contributed by atoms with Crippen molar-refractivity contribution in [3.63, 3.8) is 0 Å². The topological polar surface area (TPSA) is 21.3 Å². The highest BCUT2D eigenvalue weighted by Gasteiger charge is 2.20. The van der Waals surface area contributed by atoms with Gasteiger partial charge in [0, 0.05) is 10.5 Å². The Bertz CT molecular complexity index is 441. The lowest BCUT2D eigenvalue weighted by Gasteiger charge is -2.27. The highest BCUT2D eigenvalue weighted by atomic mass is 79.9. The van der Waals surface area contributed by atoms with Crippen molar-refractivity contribution < 1.29 is 4.74 Å². The van der Waals surface area contributed by atoms with E-state index in [1.165, 1.54) is 31.2 Å². The molecule has 0 radical (unpaired) electrons. The van der Waals surface area contributed by atoms with Crippen LogP contribution in [0.3, 0.4) is 0 Å². The lowest BCUT2D eigenvalue weighted by molar-refractivity contribution is 0.135. The Balaban J connectivity index is 1.95. The van der Waals surface area contributed by atoms with Gasteiger partial charge in [0.2, 0.25) is 0 Å². The molecule has 0 bridgehead atoms. The van der Waals surface area contributed by atoms with Crippen molar-refractivity contribution >= 4 is 15.9 Å². The van der Waals surface area contributed by atoms with E-state index in [9.17, 15) is 0 Å². The highest BCUT2D eigenvalue weighted by Crippen LogP contribution is 2.31. The molecule has 1 atom stereocenters. The molecule has 1 N–H and O–H groups in total. The molecule has 1 aromatic rings. The van der Waals surface area contributed by atoms with E-state index in [4.69, 9.17) is 4.74 Å².